The van der Waals surface area contributed by atoms with Crippen LogP contribution in [0, 0.1) is 0 Å². The van der Waals surface area contributed by atoms with Crippen molar-refractivity contribution < 1.29 is 13.2 Å². The van der Waals surface area contributed by atoms with E-state index in [0.717, 1.165) is 31.1 Å². The summed E-state index contributed by atoms with van der Waals surface area (Å²) in [6.07, 6.45) is 6.80. The minimum atomic E-state index is -3.68. The molecule has 0 radical (unpaired) electrons. The molecule has 2 atom stereocenters. The maximum atomic E-state index is 13.3. The smallest absolute Gasteiger partial charge is 0.244 e. The molecule has 2 aromatic rings. The first-order valence-electron chi connectivity index (χ1n) is 10.9. The third-order valence-corrected chi connectivity index (χ3v) is 7.34. The number of amides is 1. The Morgan fingerprint density at radius 3 is 2.26 bits per heavy atom. The van der Waals surface area contributed by atoms with Gasteiger partial charge in [0.2, 0.25) is 15.9 Å². The number of benzene rings is 2. The van der Waals surface area contributed by atoms with E-state index in [0.29, 0.717) is 17.1 Å². The lowest BCUT2D eigenvalue weighted by atomic mass is 9.88. The number of nitrogens with zero attached hydrogens (tertiary/aromatic N) is 1. The molecule has 0 heterocycles. The van der Waals surface area contributed by atoms with E-state index in [1.54, 1.807) is 24.3 Å². The number of hydrogen-bond donors (Lipinski definition) is 1. The van der Waals surface area contributed by atoms with Crippen LogP contribution in [0.1, 0.15) is 62.3 Å². The first kappa shape index (κ1) is 23.6. The fraction of sp³-hybridized carbons (Fsp3) is 0.458. The highest BCUT2D eigenvalue weighted by atomic mass is 35.5. The number of halogens is 1. The normalized spacial score (nSPS) is 15.6. The molecule has 0 bridgehead atoms. The Hall–Kier alpha value is -2.05. The van der Waals surface area contributed by atoms with Crippen LogP contribution < -0.4 is 9.62 Å². The molecule has 0 aliphatic heterocycles. The van der Waals surface area contributed by atoms with Crippen LogP contribution >= 0.6 is 11.6 Å². The van der Waals surface area contributed by atoms with Crippen LogP contribution in [0.25, 0.3) is 0 Å². The first-order chi connectivity index (χ1) is 14.7. The maximum Gasteiger partial charge on any atom is 0.244 e. The highest BCUT2D eigenvalue weighted by Gasteiger charge is 2.32. The molecule has 2 aromatic carbocycles. The average Bonchev–Trinajstić information content (AvgIpc) is 2.75. The van der Waals surface area contributed by atoms with Crippen molar-refractivity contribution in [1.29, 1.82) is 0 Å². The molecule has 5 nitrogen and oxygen atoms in total. The van der Waals surface area contributed by atoms with E-state index in [1.165, 1.54) is 28.3 Å². The lowest BCUT2D eigenvalue weighted by molar-refractivity contribution is -0.123. The van der Waals surface area contributed by atoms with Gasteiger partial charge in [0.25, 0.3) is 0 Å². The van der Waals surface area contributed by atoms with Gasteiger partial charge in [0.1, 0.15) is 6.04 Å². The molecule has 1 aliphatic rings. The van der Waals surface area contributed by atoms with Gasteiger partial charge in [0.05, 0.1) is 18.0 Å². The van der Waals surface area contributed by atoms with Crippen molar-refractivity contribution in [1.82, 2.24) is 5.32 Å². The van der Waals surface area contributed by atoms with Crippen LogP contribution in [-0.2, 0) is 27.7 Å². The quantitative estimate of drug-likeness (QED) is 0.598. The predicted molar refractivity (Wildman–Crippen MR) is 127 cm³/mol. The van der Waals surface area contributed by atoms with Gasteiger partial charge in [-0.1, -0.05) is 43.6 Å². The number of hydrogen-bond acceptors (Lipinski definition) is 3. The fourth-order valence-electron chi connectivity index (χ4n) is 4.31. The summed E-state index contributed by atoms with van der Waals surface area (Å²) < 4.78 is 26.4. The lowest BCUT2D eigenvalue weighted by Gasteiger charge is -2.31. The monoisotopic (exact) mass is 462 g/mol. The number of anilines is 1. The molecule has 0 fully saturated rings. The topological polar surface area (TPSA) is 66.5 Å². The lowest BCUT2D eigenvalue weighted by Crippen LogP contribution is -2.50. The molecular formula is C24H31ClN2O3S. The van der Waals surface area contributed by atoms with Crippen molar-refractivity contribution >= 4 is 33.2 Å². The van der Waals surface area contributed by atoms with Crippen LogP contribution in [0.3, 0.4) is 0 Å². The molecule has 0 aromatic heterocycles. The highest BCUT2D eigenvalue weighted by molar-refractivity contribution is 7.92. The minimum Gasteiger partial charge on any atom is -0.347 e. The SMILES string of the molecule is CCC(NC(=O)C(CC)N(c1ccc(Cl)cc1)S(C)(=O)=O)c1ccc2c(c1)CCCC2. The second kappa shape index (κ2) is 10.0. The van der Waals surface area contributed by atoms with Gasteiger partial charge in [-0.3, -0.25) is 9.10 Å². The third-order valence-electron chi connectivity index (χ3n) is 5.91. The van der Waals surface area contributed by atoms with Crippen LogP contribution in [0.2, 0.25) is 5.02 Å². The van der Waals surface area contributed by atoms with Crippen molar-refractivity contribution in [2.75, 3.05) is 10.6 Å². The second-order valence-corrected chi connectivity index (χ2v) is 10.5. The zero-order chi connectivity index (χ0) is 22.6. The average molecular weight is 463 g/mol. The Morgan fingerprint density at radius 1 is 1.03 bits per heavy atom. The largest absolute Gasteiger partial charge is 0.347 e. The van der Waals surface area contributed by atoms with Crippen LogP contribution in [0.5, 0.6) is 0 Å². The van der Waals surface area contributed by atoms with Crippen molar-refractivity contribution in [3.05, 3.63) is 64.2 Å². The summed E-state index contributed by atoms with van der Waals surface area (Å²) >= 11 is 5.97. The third kappa shape index (κ3) is 5.60. The summed E-state index contributed by atoms with van der Waals surface area (Å²) in [6, 6.07) is 12.0. The summed E-state index contributed by atoms with van der Waals surface area (Å²) in [5.74, 6) is -0.299. The molecule has 1 N–H and O–H groups in total. The predicted octanol–water partition coefficient (Wildman–Crippen LogP) is 5.03. The summed E-state index contributed by atoms with van der Waals surface area (Å²) in [7, 11) is -3.68. The van der Waals surface area contributed by atoms with Gasteiger partial charge in [0, 0.05) is 5.02 Å². The van der Waals surface area contributed by atoms with Crippen LogP contribution in [-0.4, -0.2) is 26.6 Å². The van der Waals surface area contributed by atoms with Gasteiger partial charge >= 0.3 is 0 Å². The summed E-state index contributed by atoms with van der Waals surface area (Å²) in [4.78, 5) is 13.3. The molecular weight excluding hydrogens is 432 g/mol. The van der Waals surface area contributed by atoms with E-state index >= 15 is 0 Å². The maximum absolute atomic E-state index is 13.3. The number of rotatable bonds is 8. The number of carbonyl (C=O) groups excluding carboxylic acids is 1. The standard InChI is InChI=1S/C24H31ClN2O3S/c1-4-22(19-11-10-17-8-6-7-9-18(17)16-19)26-24(28)23(5-2)27(31(3,29)30)21-14-12-20(25)13-15-21/h10-16,22-23H,4-9H2,1-3H3,(H,26,28). The molecule has 2 unspecified atom stereocenters. The fourth-order valence-corrected chi connectivity index (χ4v) is 5.65. The Bertz CT molecular complexity index is 1020. The number of nitrogens with one attached hydrogen (secondary N) is 1. The number of sulfonamides is 1. The van der Waals surface area contributed by atoms with Crippen molar-refractivity contribution in [2.24, 2.45) is 0 Å². The minimum absolute atomic E-state index is 0.166. The summed E-state index contributed by atoms with van der Waals surface area (Å²) in [6.45, 7) is 3.84. The zero-order valence-corrected chi connectivity index (χ0v) is 20.0. The Balaban J connectivity index is 1.86. The summed E-state index contributed by atoms with van der Waals surface area (Å²) in [5, 5.41) is 3.61. The van der Waals surface area contributed by atoms with Crippen molar-refractivity contribution in [3.63, 3.8) is 0 Å². The van der Waals surface area contributed by atoms with Crippen LogP contribution in [0.4, 0.5) is 5.69 Å². The Morgan fingerprint density at radius 2 is 1.68 bits per heavy atom. The Labute approximate surface area is 190 Å². The summed E-state index contributed by atoms with van der Waals surface area (Å²) in [5.41, 5.74) is 4.26. The van der Waals surface area contributed by atoms with E-state index in [4.69, 9.17) is 11.6 Å². The van der Waals surface area contributed by atoms with Gasteiger partial charge in [-0.25, -0.2) is 8.42 Å². The molecule has 3 rings (SSSR count). The van der Waals surface area contributed by atoms with E-state index < -0.39 is 16.1 Å². The van der Waals surface area contributed by atoms with Gasteiger partial charge in [-0.15, -0.1) is 0 Å². The molecule has 7 heteroatoms. The van der Waals surface area contributed by atoms with E-state index in [-0.39, 0.29) is 11.9 Å². The Kier molecular flexibility index (Phi) is 7.65. The molecule has 0 saturated carbocycles. The number of carbonyl (C=O) groups is 1. The molecule has 168 valence electrons. The van der Waals surface area contributed by atoms with Gasteiger partial charge in [-0.2, -0.15) is 0 Å². The number of fused-ring (bicyclic) bond motifs is 1. The number of aryl methyl sites for hydroxylation is 2. The highest BCUT2D eigenvalue weighted by Crippen LogP contribution is 2.28. The molecule has 0 spiro atoms. The van der Waals surface area contributed by atoms with Crippen LogP contribution in [0.15, 0.2) is 42.5 Å². The first-order valence-corrected chi connectivity index (χ1v) is 13.1. The van der Waals surface area contributed by atoms with Crippen molar-refractivity contribution in [2.45, 2.75) is 64.5 Å². The van der Waals surface area contributed by atoms with E-state index in [9.17, 15) is 13.2 Å². The van der Waals surface area contributed by atoms with Gasteiger partial charge in [0.15, 0.2) is 0 Å². The molecule has 1 aliphatic carbocycles. The molecule has 31 heavy (non-hydrogen) atoms. The van der Waals surface area contributed by atoms with E-state index in [1.807, 2.05) is 13.8 Å². The van der Waals surface area contributed by atoms with Crippen molar-refractivity contribution in [3.8, 4) is 0 Å². The molecule has 1 amide bonds. The second-order valence-electron chi connectivity index (χ2n) is 8.16. The molecule has 0 saturated heterocycles. The van der Waals surface area contributed by atoms with Gasteiger partial charge < -0.3 is 5.32 Å². The van der Waals surface area contributed by atoms with E-state index in [2.05, 4.69) is 23.5 Å². The van der Waals surface area contributed by atoms with Gasteiger partial charge in [-0.05, 0) is 79.5 Å². The zero-order valence-electron chi connectivity index (χ0n) is 18.4.